The van der Waals surface area contributed by atoms with Gasteiger partial charge in [0.15, 0.2) is 17.2 Å². The van der Waals surface area contributed by atoms with Crippen LogP contribution in [0.15, 0.2) is 66.7 Å². The molecule has 0 spiro atoms. The van der Waals surface area contributed by atoms with Gasteiger partial charge in [0.1, 0.15) is 0 Å². The summed E-state index contributed by atoms with van der Waals surface area (Å²) in [7, 11) is 1.62. The Morgan fingerprint density at radius 2 is 1.78 bits per heavy atom. The maximum absolute atomic E-state index is 13.2. The topological polar surface area (TPSA) is 71.1 Å². The van der Waals surface area contributed by atoms with Gasteiger partial charge in [-0.25, -0.2) is 0 Å². The number of nitrogens with zero attached hydrogens (tertiary/aromatic N) is 2. The number of halogens is 4. The lowest BCUT2D eigenvalue weighted by Crippen LogP contribution is -2.40. The van der Waals surface area contributed by atoms with Crippen molar-refractivity contribution in [3.8, 4) is 17.2 Å². The number of anilines is 2. The van der Waals surface area contributed by atoms with Crippen LogP contribution in [-0.4, -0.2) is 50.0 Å². The van der Waals surface area contributed by atoms with Crippen LogP contribution in [0.25, 0.3) is 0 Å². The van der Waals surface area contributed by atoms with E-state index in [1.54, 1.807) is 48.3 Å². The summed E-state index contributed by atoms with van der Waals surface area (Å²) < 4.78 is 51.4. The molecule has 0 aromatic heterocycles. The van der Waals surface area contributed by atoms with Crippen molar-refractivity contribution in [1.82, 2.24) is 4.90 Å². The van der Waals surface area contributed by atoms with Crippen LogP contribution < -0.4 is 19.7 Å². The molecule has 1 aliphatic heterocycles. The van der Waals surface area contributed by atoms with E-state index in [1.165, 1.54) is 11.0 Å². The Hall–Kier alpha value is -3.92. The van der Waals surface area contributed by atoms with Crippen molar-refractivity contribution in [3.63, 3.8) is 0 Å². The van der Waals surface area contributed by atoms with Gasteiger partial charge < -0.3 is 24.6 Å². The first-order valence-electron chi connectivity index (χ1n) is 13.3. The number of benzene rings is 3. The van der Waals surface area contributed by atoms with Gasteiger partial charge in [-0.3, -0.25) is 9.59 Å². The van der Waals surface area contributed by atoms with Crippen molar-refractivity contribution >= 4 is 34.8 Å². The fourth-order valence-electron chi connectivity index (χ4n) is 4.35. The molecular formula is C30H31ClF3N3O4. The van der Waals surface area contributed by atoms with Gasteiger partial charge in [-0.15, -0.1) is 0 Å². The smallest absolute Gasteiger partial charge is 0.416 e. The zero-order chi connectivity index (χ0) is 29.4. The van der Waals surface area contributed by atoms with Crippen LogP contribution in [0, 0.1) is 0 Å². The summed E-state index contributed by atoms with van der Waals surface area (Å²) in [6, 6.07) is 17.0. The van der Waals surface area contributed by atoms with Crippen molar-refractivity contribution in [1.29, 1.82) is 0 Å². The van der Waals surface area contributed by atoms with E-state index in [-0.39, 0.29) is 25.4 Å². The van der Waals surface area contributed by atoms with Gasteiger partial charge in [0, 0.05) is 37.3 Å². The number of para-hydroxylation sites is 2. The highest BCUT2D eigenvalue weighted by atomic mass is 35.5. The molecule has 11 heteroatoms. The molecule has 0 saturated carbocycles. The predicted molar refractivity (Wildman–Crippen MR) is 152 cm³/mol. The molecule has 0 aliphatic carbocycles. The molecule has 0 fully saturated rings. The van der Waals surface area contributed by atoms with E-state index < -0.39 is 17.6 Å². The summed E-state index contributed by atoms with van der Waals surface area (Å²) in [5.41, 5.74) is -0.0763. The maximum Gasteiger partial charge on any atom is 0.416 e. The largest absolute Gasteiger partial charge is 0.490 e. The maximum atomic E-state index is 13.2. The molecule has 0 atom stereocenters. The lowest BCUT2D eigenvalue weighted by Gasteiger charge is -2.25. The number of nitrogens with one attached hydrogen (secondary N) is 1. The molecule has 0 bridgehead atoms. The number of hydrogen-bond donors (Lipinski definition) is 1. The van der Waals surface area contributed by atoms with Crippen molar-refractivity contribution in [2.24, 2.45) is 0 Å². The molecule has 3 aromatic rings. The van der Waals surface area contributed by atoms with Crippen molar-refractivity contribution in [3.05, 3.63) is 77.3 Å². The van der Waals surface area contributed by atoms with E-state index in [4.69, 9.17) is 21.1 Å². The number of amides is 2. The van der Waals surface area contributed by atoms with E-state index in [0.29, 0.717) is 53.2 Å². The van der Waals surface area contributed by atoms with Crippen molar-refractivity contribution in [2.75, 3.05) is 43.5 Å². The third-order valence-corrected chi connectivity index (χ3v) is 6.81. The van der Waals surface area contributed by atoms with Crippen LogP contribution in [0.2, 0.25) is 5.02 Å². The minimum atomic E-state index is -4.46. The number of rotatable bonds is 4. The highest BCUT2D eigenvalue weighted by Gasteiger charge is 2.30. The van der Waals surface area contributed by atoms with E-state index in [2.05, 4.69) is 5.32 Å². The molecule has 2 amide bonds. The van der Waals surface area contributed by atoms with Gasteiger partial charge in [-0.1, -0.05) is 29.8 Å². The third-order valence-electron chi connectivity index (χ3n) is 6.58. The molecule has 218 valence electrons. The predicted octanol–water partition coefficient (Wildman–Crippen LogP) is 7.01. The molecular weight excluding hydrogens is 559 g/mol. The zero-order valence-electron chi connectivity index (χ0n) is 22.5. The zero-order valence-corrected chi connectivity index (χ0v) is 23.3. The van der Waals surface area contributed by atoms with E-state index in [1.807, 2.05) is 12.1 Å². The summed E-state index contributed by atoms with van der Waals surface area (Å²) >= 11 is 6.19. The average molecular weight is 590 g/mol. The molecule has 0 unspecified atom stereocenters. The van der Waals surface area contributed by atoms with E-state index in [9.17, 15) is 22.8 Å². The third kappa shape index (κ3) is 8.53. The van der Waals surface area contributed by atoms with Gasteiger partial charge in [-0.2, -0.15) is 13.2 Å². The summed E-state index contributed by atoms with van der Waals surface area (Å²) in [4.78, 5) is 29.4. The fraction of sp³-hybridized carbons (Fsp3) is 0.333. The second kappa shape index (κ2) is 13.6. The second-order valence-corrected chi connectivity index (χ2v) is 10.1. The number of carbonyl (C=O) groups excluding carboxylic acids is 2. The van der Waals surface area contributed by atoms with Crippen LogP contribution in [-0.2, 0) is 15.8 Å². The quantitative estimate of drug-likeness (QED) is 0.355. The Labute approximate surface area is 241 Å². The number of hydrogen-bond acceptors (Lipinski definition) is 5. The minimum Gasteiger partial charge on any atom is -0.490 e. The Balaban J connectivity index is 1.47. The van der Waals surface area contributed by atoms with Gasteiger partial charge in [0.2, 0.25) is 11.8 Å². The average Bonchev–Trinajstić information content (AvgIpc) is 2.94. The Kier molecular flexibility index (Phi) is 9.99. The molecule has 4 rings (SSSR count). The first-order valence-corrected chi connectivity index (χ1v) is 13.6. The first kappa shape index (κ1) is 30.0. The lowest BCUT2D eigenvalue weighted by molar-refractivity contribution is -0.137. The summed E-state index contributed by atoms with van der Waals surface area (Å²) in [5.74, 6) is 0.693. The molecule has 1 N–H and O–H groups in total. The van der Waals surface area contributed by atoms with Crippen molar-refractivity contribution in [2.45, 2.75) is 31.9 Å². The fourth-order valence-corrected chi connectivity index (χ4v) is 4.52. The van der Waals surface area contributed by atoms with Crippen LogP contribution in [0.3, 0.4) is 0 Å². The molecule has 41 heavy (non-hydrogen) atoms. The van der Waals surface area contributed by atoms with Gasteiger partial charge in [0.25, 0.3) is 0 Å². The molecule has 1 heterocycles. The lowest BCUT2D eigenvalue weighted by atomic mass is 10.1. The number of alkyl halides is 3. The highest BCUT2D eigenvalue weighted by Crippen LogP contribution is 2.37. The van der Waals surface area contributed by atoms with E-state index >= 15 is 0 Å². The number of carbonyl (C=O) groups is 2. The van der Waals surface area contributed by atoms with Crippen molar-refractivity contribution < 1.29 is 32.2 Å². The highest BCUT2D eigenvalue weighted by molar-refractivity contribution is 6.31. The molecule has 1 aliphatic rings. The van der Waals surface area contributed by atoms with Crippen LogP contribution >= 0.6 is 11.6 Å². The molecule has 0 radical (unpaired) electrons. The summed E-state index contributed by atoms with van der Waals surface area (Å²) in [6.07, 6.45) is -2.31. The first-order chi connectivity index (χ1) is 19.6. The Bertz CT molecular complexity index is 1370. The molecule has 3 aromatic carbocycles. The van der Waals surface area contributed by atoms with Gasteiger partial charge >= 0.3 is 6.18 Å². The van der Waals surface area contributed by atoms with Crippen LogP contribution in [0.4, 0.5) is 24.5 Å². The SMILES string of the molecule is CN(CCC(=O)N1CCCCCOc2ccccc2Oc2ccc(Cl)cc2NC(=O)C1)c1cccc(C(F)(F)F)c1. The molecule has 0 saturated heterocycles. The second-order valence-electron chi connectivity index (χ2n) is 9.68. The van der Waals surface area contributed by atoms with Crippen LogP contribution in [0.5, 0.6) is 17.2 Å². The normalized spacial score (nSPS) is 14.8. The van der Waals surface area contributed by atoms with Gasteiger partial charge in [-0.05, 0) is 67.8 Å². The summed E-state index contributed by atoms with van der Waals surface area (Å²) in [5, 5.41) is 3.19. The van der Waals surface area contributed by atoms with Crippen LogP contribution in [0.1, 0.15) is 31.2 Å². The molecule has 7 nitrogen and oxygen atoms in total. The standard InChI is InChI=1S/C30H31ClF3N3O4/c1-36(23-9-7-8-21(18-23)30(32,33)34)16-14-29(39)37-15-5-2-6-17-40-26-10-3-4-11-27(26)41-25-13-12-22(31)19-24(25)35-28(38)20-37/h3-4,7-13,18-19H,2,5-6,14-17,20H2,1H3,(H,35,38). The number of fused-ring (bicyclic) bond motifs is 2. The monoisotopic (exact) mass is 589 g/mol. The number of ether oxygens (including phenoxy) is 2. The Morgan fingerprint density at radius 3 is 2.56 bits per heavy atom. The van der Waals surface area contributed by atoms with E-state index in [0.717, 1.165) is 25.0 Å². The summed E-state index contributed by atoms with van der Waals surface area (Å²) in [6.45, 7) is 0.761. The van der Waals surface area contributed by atoms with Gasteiger partial charge in [0.05, 0.1) is 24.4 Å². The Morgan fingerprint density at radius 1 is 1.00 bits per heavy atom. The minimum absolute atomic E-state index is 0.0178.